The topological polar surface area (TPSA) is 32.3 Å². The minimum absolute atomic E-state index is 0.136. The van der Waals surface area contributed by atoms with Gasteiger partial charge in [-0.3, -0.25) is 4.79 Å². The van der Waals surface area contributed by atoms with Gasteiger partial charge in [0.2, 0.25) is 0 Å². The zero-order valence-electron chi connectivity index (χ0n) is 12.8. The summed E-state index contributed by atoms with van der Waals surface area (Å²) in [4.78, 5) is 15.5. The molecule has 0 spiro atoms. The van der Waals surface area contributed by atoms with Crippen molar-refractivity contribution >= 4 is 40.6 Å². The van der Waals surface area contributed by atoms with Crippen LogP contribution in [0.15, 0.2) is 39.9 Å². The molecule has 1 atom stereocenters. The van der Waals surface area contributed by atoms with Crippen molar-refractivity contribution in [1.82, 2.24) is 10.2 Å². The van der Waals surface area contributed by atoms with Gasteiger partial charge in [0.25, 0.3) is 5.91 Å². The monoisotopic (exact) mass is 354 g/mol. The number of halogens is 1. The lowest BCUT2D eigenvalue weighted by Gasteiger charge is -2.24. The molecule has 0 radical (unpaired) electrons. The number of rotatable bonds is 6. The van der Waals surface area contributed by atoms with Crippen LogP contribution in [0.5, 0.6) is 0 Å². The van der Waals surface area contributed by atoms with Gasteiger partial charge < -0.3 is 10.2 Å². The largest absolute Gasteiger partial charge is 0.350 e. The van der Waals surface area contributed by atoms with Crippen molar-refractivity contribution in [2.24, 2.45) is 0 Å². The van der Waals surface area contributed by atoms with Gasteiger partial charge >= 0.3 is 0 Å². The predicted molar refractivity (Wildman–Crippen MR) is 96.3 cm³/mol. The summed E-state index contributed by atoms with van der Waals surface area (Å²) in [5.41, 5.74) is 1.73. The molecule has 1 heterocycles. The van der Waals surface area contributed by atoms with Crippen LogP contribution in [0.4, 0.5) is 0 Å². The second-order valence-electron chi connectivity index (χ2n) is 5.09. The van der Waals surface area contributed by atoms with E-state index >= 15 is 0 Å². The standard InChI is InChI=1S/C16H19ClN2OS2/c1-19(2)15(11-6-7-22-10-11)9-18-16(20)13-8-12(21-3)4-5-14(13)17/h4-8,10,15H,9H2,1-3H3,(H,18,20). The van der Waals surface area contributed by atoms with Crippen molar-refractivity contribution in [3.63, 3.8) is 0 Å². The van der Waals surface area contributed by atoms with Crippen LogP contribution >= 0.6 is 34.7 Å². The first kappa shape index (κ1) is 17.3. The average molecular weight is 355 g/mol. The molecule has 0 saturated heterocycles. The highest BCUT2D eigenvalue weighted by Gasteiger charge is 2.17. The highest BCUT2D eigenvalue weighted by atomic mass is 35.5. The van der Waals surface area contributed by atoms with Gasteiger partial charge in [-0.2, -0.15) is 11.3 Å². The average Bonchev–Trinajstić information content (AvgIpc) is 3.01. The van der Waals surface area contributed by atoms with Crippen molar-refractivity contribution in [3.05, 3.63) is 51.2 Å². The number of likely N-dealkylation sites (N-methyl/N-ethyl adjacent to an activating group) is 1. The number of carbonyl (C=O) groups is 1. The van der Waals surface area contributed by atoms with E-state index in [4.69, 9.17) is 11.6 Å². The van der Waals surface area contributed by atoms with Gasteiger partial charge in [0.1, 0.15) is 0 Å². The van der Waals surface area contributed by atoms with Gasteiger partial charge in [0, 0.05) is 11.4 Å². The van der Waals surface area contributed by atoms with Crippen LogP contribution in [-0.4, -0.2) is 37.7 Å². The van der Waals surface area contributed by atoms with Crippen LogP contribution in [0, 0.1) is 0 Å². The van der Waals surface area contributed by atoms with Gasteiger partial charge in [-0.25, -0.2) is 0 Å². The second kappa shape index (κ2) is 8.02. The highest BCUT2D eigenvalue weighted by molar-refractivity contribution is 7.98. The summed E-state index contributed by atoms with van der Waals surface area (Å²) in [6, 6.07) is 7.75. The SMILES string of the molecule is CSc1ccc(Cl)c(C(=O)NCC(c2ccsc2)N(C)C)c1. The molecule has 3 nitrogen and oxygen atoms in total. The first-order valence-corrected chi connectivity index (χ1v) is 9.37. The first-order chi connectivity index (χ1) is 10.5. The Hall–Kier alpha value is -1.01. The van der Waals surface area contributed by atoms with Crippen LogP contribution in [0.1, 0.15) is 22.0 Å². The maximum Gasteiger partial charge on any atom is 0.252 e. The van der Waals surface area contributed by atoms with Crippen molar-refractivity contribution < 1.29 is 4.79 Å². The summed E-state index contributed by atoms with van der Waals surface area (Å²) in [6.45, 7) is 0.544. The number of thioether (sulfide) groups is 1. The Labute approximate surface area is 144 Å². The fraction of sp³-hybridized carbons (Fsp3) is 0.312. The summed E-state index contributed by atoms with van der Waals surface area (Å²) in [7, 11) is 4.02. The number of carbonyl (C=O) groups excluding carboxylic acids is 1. The van der Waals surface area contributed by atoms with E-state index in [0.29, 0.717) is 17.1 Å². The molecule has 0 aliphatic rings. The quantitative estimate of drug-likeness (QED) is 0.791. The summed E-state index contributed by atoms with van der Waals surface area (Å²) < 4.78 is 0. The van der Waals surface area contributed by atoms with Crippen LogP contribution < -0.4 is 5.32 Å². The van der Waals surface area contributed by atoms with E-state index in [0.717, 1.165) is 4.90 Å². The third-order valence-corrected chi connectivity index (χ3v) is 5.18. The smallest absolute Gasteiger partial charge is 0.252 e. The van der Waals surface area contributed by atoms with E-state index in [2.05, 4.69) is 21.7 Å². The minimum atomic E-state index is -0.136. The molecule has 2 aromatic rings. The van der Waals surface area contributed by atoms with Crippen molar-refractivity contribution in [2.45, 2.75) is 10.9 Å². The number of nitrogens with one attached hydrogen (secondary N) is 1. The van der Waals surface area contributed by atoms with Crippen molar-refractivity contribution in [1.29, 1.82) is 0 Å². The van der Waals surface area contributed by atoms with Crippen LogP contribution in [0.25, 0.3) is 0 Å². The molecule has 1 aromatic carbocycles. The summed E-state index contributed by atoms with van der Waals surface area (Å²) in [6.07, 6.45) is 1.98. The molecular formula is C16H19ClN2OS2. The Balaban J connectivity index is 2.08. The lowest BCUT2D eigenvalue weighted by molar-refractivity contribution is 0.0942. The van der Waals surface area contributed by atoms with E-state index in [1.807, 2.05) is 37.9 Å². The third-order valence-electron chi connectivity index (χ3n) is 3.43. The van der Waals surface area contributed by atoms with Gasteiger partial charge in [0.15, 0.2) is 0 Å². The molecule has 1 unspecified atom stereocenters. The van der Waals surface area contributed by atoms with Crippen LogP contribution in [0.3, 0.4) is 0 Å². The number of amides is 1. The number of thiophene rings is 1. The van der Waals surface area contributed by atoms with E-state index in [1.165, 1.54) is 5.56 Å². The Kier molecular flexibility index (Phi) is 6.32. The van der Waals surface area contributed by atoms with Gasteiger partial charge in [-0.05, 0) is 60.9 Å². The van der Waals surface area contributed by atoms with Crippen LogP contribution in [-0.2, 0) is 0 Å². The number of hydrogen-bond acceptors (Lipinski definition) is 4. The molecular weight excluding hydrogens is 336 g/mol. The number of benzene rings is 1. The zero-order chi connectivity index (χ0) is 16.1. The van der Waals surface area contributed by atoms with Crippen LogP contribution in [0.2, 0.25) is 5.02 Å². The Morgan fingerprint density at radius 1 is 1.41 bits per heavy atom. The Morgan fingerprint density at radius 3 is 2.77 bits per heavy atom. The molecule has 0 aliphatic carbocycles. The molecule has 6 heteroatoms. The molecule has 0 saturated carbocycles. The van der Waals surface area contributed by atoms with Crippen molar-refractivity contribution in [3.8, 4) is 0 Å². The summed E-state index contributed by atoms with van der Waals surface area (Å²) >= 11 is 9.40. The normalized spacial score (nSPS) is 12.4. The fourth-order valence-corrected chi connectivity index (χ4v) is 3.50. The van der Waals surface area contributed by atoms with Gasteiger partial charge in [0.05, 0.1) is 16.6 Å². The second-order valence-corrected chi connectivity index (χ2v) is 7.16. The lowest BCUT2D eigenvalue weighted by Crippen LogP contribution is -2.34. The summed E-state index contributed by atoms with van der Waals surface area (Å²) in [5, 5.41) is 7.63. The van der Waals surface area contributed by atoms with E-state index in [9.17, 15) is 4.79 Å². The predicted octanol–water partition coefficient (Wildman–Crippen LogP) is 4.16. The molecule has 1 aromatic heterocycles. The maximum absolute atomic E-state index is 12.4. The summed E-state index contributed by atoms with van der Waals surface area (Å²) in [5.74, 6) is -0.136. The van der Waals surface area contributed by atoms with Gasteiger partial charge in [-0.15, -0.1) is 11.8 Å². The highest BCUT2D eigenvalue weighted by Crippen LogP contribution is 2.24. The van der Waals surface area contributed by atoms with E-state index < -0.39 is 0 Å². The van der Waals surface area contributed by atoms with Gasteiger partial charge in [-0.1, -0.05) is 11.6 Å². The van der Waals surface area contributed by atoms with E-state index in [1.54, 1.807) is 29.2 Å². The molecule has 22 heavy (non-hydrogen) atoms. The molecule has 2 rings (SSSR count). The third kappa shape index (κ3) is 4.26. The first-order valence-electron chi connectivity index (χ1n) is 6.83. The molecule has 0 bridgehead atoms. The van der Waals surface area contributed by atoms with E-state index in [-0.39, 0.29) is 11.9 Å². The number of nitrogens with zero attached hydrogens (tertiary/aromatic N) is 1. The molecule has 1 N–H and O–H groups in total. The maximum atomic E-state index is 12.4. The molecule has 1 amide bonds. The Bertz CT molecular complexity index is 629. The van der Waals surface area contributed by atoms with Crippen molar-refractivity contribution in [2.75, 3.05) is 26.9 Å². The molecule has 118 valence electrons. The fourth-order valence-electron chi connectivity index (χ4n) is 2.15. The zero-order valence-corrected chi connectivity index (χ0v) is 15.2. The minimum Gasteiger partial charge on any atom is -0.350 e. The Morgan fingerprint density at radius 2 is 2.18 bits per heavy atom. The molecule has 0 aliphatic heterocycles. The molecule has 0 fully saturated rings. The lowest BCUT2D eigenvalue weighted by atomic mass is 10.1. The number of hydrogen-bond donors (Lipinski definition) is 1.